The summed E-state index contributed by atoms with van der Waals surface area (Å²) in [5.74, 6) is -1.14. The van der Waals surface area contributed by atoms with Crippen LogP contribution in [0.1, 0.15) is 12.1 Å². The van der Waals surface area contributed by atoms with Crippen molar-refractivity contribution in [1.82, 2.24) is 4.98 Å². The molecule has 0 bridgehead atoms. The Morgan fingerprint density at radius 3 is 2.38 bits per heavy atom. The number of amides is 2. The quantitative estimate of drug-likeness (QED) is 0.594. The van der Waals surface area contributed by atoms with Gasteiger partial charge in [0.2, 0.25) is 10.0 Å². The van der Waals surface area contributed by atoms with Crippen LogP contribution in [0.15, 0.2) is 46.7 Å². The predicted octanol–water partition coefficient (Wildman–Crippen LogP) is 4.04. The third kappa shape index (κ3) is 4.20. The van der Waals surface area contributed by atoms with E-state index in [1.807, 2.05) is 0 Å². The van der Waals surface area contributed by atoms with Crippen LogP contribution in [0.25, 0.3) is 11.1 Å². The molecule has 7 nitrogen and oxygen atoms in total. The Labute approximate surface area is 186 Å². The standard InChI is InChI=1S/C20H17F3N4O3S2/c21-11-17-18(32(24,29)30)31-19(25-17)27-9-1-8-26(20(27)28)14-5-2-12(3-6-14)15-10-13(22)4-7-16(15)23/h2-7,10H,1,8-9,11H2,(H2,24,29,30). The fourth-order valence-corrected chi connectivity index (χ4v) is 5.36. The highest BCUT2D eigenvalue weighted by Crippen LogP contribution is 2.33. The molecule has 2 amide bonds. The monoisotopic (exact) mass is 482 g/mol. The van der Waals surface area contributed by atoms with Crippen LogP contribution in [0.3, 0.4) is 0 Å². The zero-order chi connectivity index (χ0) is 23.0. The van der Waals surface area contributed by atoms with E-state index in [4.69, 9.17) is 5.14 Å². The van der Waals surface area contributed by atoms with Crippen LogP contribution in [0.2, 0.25) is 0 Å². The number of urea groups is 1. The van der Waals surface area contributed by atoms with E-state index in [2.05, 4.69) is 4.98 Å². The second kappa shape index (κ2) is 8.52. The van der Waals surface area contributed by atoms with E-state index in [1.54, 1.807) is 24.3 Å². The van der Waals surface area contributed by atoms with Crippen molar-refractivity contribution in [1.29, 1.82) is 0 Å². The Kier molecular flexibility index (Phi) is 5.93. The molecule has 2 N–H and O–H groups in total. The molecule has 168 valence electrons. The number of benzene rings is 2. The number of nitrogens with zero attached hydrogens (tertiary/aromatic N) is 3. The molecule has 0 unspecified atom stereocenters. The van der Waals surface area contributed by atoms with Gasteiger partial charge >= 0.3 is 6.03 Å². The van der Waals surface area contributed by atoms with Crippen molar-refractivity contribution in [3.05, 3.63) is 59.8 Å². The molecule has 1 fully saturated rings. The summed E-state index contributed by atoms with van der Waals surface area (Å²) in [7, 11) is -4.18. The first-order valence-electron chi connectivity index (χ1n) is 9.42. The molecule has 1 aliphatic heterocycles. The van der Waals surface area contributed by atoms with E-state index in [1.165, 1.54) is 9.80 Å². The highest BCUT2D eigenvalue weighted by atomic mass is 32.2. The summed E-state index contributed by atoms with van der Waals surface area (Å²) in [5.41, 5.74) is 0.714. The molecule has 2 heterocycles. The molecule has 0 spiro atoms. The number of hydrogen-bond acceptors (Lipinski definition) is 5. The van der Waals surface area contributed by atoms with Crippen LogP contribution < -0.4 is 14.9 Å². The summed E-state index contributed by atoms with van der Waals surface area (Å²) in [6.07, 6.45) is 0.543. The molecule has 0 aliphatic carbocycles. The van der Waals surface area contributed by atoms with Gasteiger partial charge in [-0.2, -0.15) is 0 Å². The number of thiazole rings is 1. The first kappa shape index (κ1) is 22.2. The number of rotatable bonds is 5. The van der Waals surface area contributed by atoms with Crippen molar-refractivity contribution in [2.75, 3.05) is 22.9 Å². The van der Waals surface area contributed by atoms with Crippen molar-refractivity contribution >= 4 is 38.2 Å². The lowest BCUT2D eigenvalue weighted by atomic mass is 10.0. The van der Waals surface area contributed by atoms with Crippen molar-refractivity contribution in [3.8, 4) is 11.1 Å². The third-order valence-electron chi connectivity index (χ3n) is 4.91. The van der Waals surface area contributed by atoms with Crippen LogP contribution in [-0.2, 0) is 16.7 Å². The topological polar surface area (TPSA) is 96.6 Å². The lowest BCUT2D eigenvalue weighted by Crippen LogP contribution is -2.49. The Balaban J connectivity index is 1.61. The average Bonchev–Trinajstić information content (AvgIpc) is 3.21. The molecule has 2 aromatic carbocycles. The minimum absolute atomic E-state index is 0.0369. The highest BCUT2D eigenvalue weighted by molar-refractivity contribution is 7.91. The van der Waals surface area contributed by atoms with Crippen LogP contribution >= 0.6 is 11.3 Å². The molecule has 0 saturated carbocycles. The Hall–Kier alpha value is -2.96. The molecule has 1 saturated heterocycles. The Morgan fingerprint density at radius 2 is 1.75 bits per heavy atom. The van der Waals surface area contributed by atoms with Gasteiger partial charge in [-0.15, -0.1) is 0 Å². The lowest BCUT2D eigenvalue weighted by molar-refractivity contribution is 0.248. The zero-order valence-corrected chi connectivity index (χ0v) is 18.1. The van der Waals surface area contributed by atoms with E-state index in [-0.39, 0.29) is 22.9 Å². The van der Waals surface area contributed by atoms with Crippen molar-refractivity contribution in [3.63, 3.8) is 0 Å². The smallest absolute Gasteiger partial charge is 0.294 e. The molecular weight excluding hydrogens is 465 g/mol. The molecule has 1 aromatic heterocycles. The van der Waals surface area contributed by atoms with Gasteiger partial charge < -0.3 is 0 Å². The number of sulfonamides is 1. The summed E-state index contributed by atoms with van der Waals surface area (Å²) in [5, 5.41) is 5.16. The number of anilines is 2. The second-order valence-corrected chi connectivity index (χ2v) is 9.75. The van der Waals surface area contributed by atoms with E-state index in [9.17, 15) is 26.4 Å². The summed E-state index contributed by atoms with van der Waals surface area (Å²) in [4.78, 5) is 19.7. The SMILES string of the molecule is NS(=O)(=O)c1sc(N2CCCN(c3ccc(-c4cc(F)ccc4F)cc3)C2=O)nc1CF. The van der Waals surface area contributed by atoms with Crippen LogP contribution in [0.5, 0.6) is 0 Å². The number of alkyl halides is 1. The largest absolute Gasteiger partial charge is 0.330 e. The third-order valence-corrected chi connectivity index (χ3v) is 7.52. The van der Waals surface area contributed by atoms with Gasteiger partial charge in [-0.25, -0.2) is 36.5 Å². The van der Waals surface area contributed by atoms with Crippen LogP contribution in [-0.4, -0.2) is 32.5 Å². The average molecular weight is 483 g/mol. The van der Waals surface area contributed by atoms with E-state index in [0.29, 0.717) is 35.6 Å². The fourth-order valence-electron chi connectivity index (χ4n) is 3.43. The summed E-state index contributed by atoms with van der Waals surface area (Å²) < 4.78 is 63.7. The van der Waals surface area contributed by atoms with E-state index < -0.39 is 38.6 Å². The van der Waals surface area contributed by atoms with Gasteiger partial charge in [-0.1, -0.05) is 23.5 Å². The molecule has 12 heteroatoms. The minimum atomic E-state index is -4.18. The van der Waals surface area contributed by atoms with Crippen LogP contribution in [0, 0.1) is 11.6 Å². The summed E-state index contributed by atoms with van der Waals surface area (Å²) >= 11 is 0.638. The van der Waals surface area contributed by atoms with Gasteiger partial charge in [0.15, 0.2) is 9.34 Å². The number of aromatic nitrogens is 1. The molecular formula is C20H17F3N4O3S2. The van der Waals surface area contributed by atoms with Crippen LogP contribution in [0.4, 0.5) is 28.8 Å². The first-order chi connectivity index (χ1) is 15.2. The minimum Gasteiger partial charge on any atom is -0.294 e. The molecule has 0 radical (unpaired) electrons. The molecule has 32 heavy (non-hydrogen) atoms. The van der Waals surface area contributed by atoms with Gasteiger partial charge in [-0.3, -0.25) is 9.80 Å². The van der Waals surface area contributed by atoms with Gasteiger partial charge in [0, 0.05) is 24.3 Å². The van der Waals surface area contributed by atoms with E-state index in [0.717, 1.165) is 18.2 Å². The summed E-state index contributed by atoms with van der Waals surface area (Å²) in [6.45, 7) is -0.482. The van der Waals surface area contributed by atoms with E-state index >= 15 is 0 Å². The molecule has 1 aliphatic rings. The van der Waals surface area contributed by atoms with Gasteiger partial charge in [-0.05, 0) is 42.3 Å². The maximum absolute atomic E-state index is 14.0. The van der Waals surface area contributed by atoms with Crippen molar-refractivity contribution in [2.24, 2.45) is 5.14 Å². The van der Waals surface area contributed by atoms with Crippen molar-refractivity contribution in [2.45, 2.75) is 17.3 Å². The summed E-state index contributed by atoms with van der Waals surface area (Å²) in [6, 6.07) is 9.04. The van der Waals surface area contributed by atoms with Gasteiger partial charge in [0.25, 0.3) is 0 Å². The first-order valence-corrected chi connectivity index (χ1v) is 11.8. The highest BCUT2D eigenvalue weighted by Gasteiger charge is 2.32. The molecule has 3 aromatic rings. The molecule has 4 rings (SSSR count). The van der Waals surface area contributed by atoms with Gasteiger partial charge in [0.05, 0.1) is 0 Å². The number of carbonyl (C=O) groups excluding carboxylic acids is 1. The van der Waals surface area contributed by atoms with Gasteiger partial charge in [0.1, 0.15) is 24.0 Å². The Bertz CT molecular complexity index is 1280. The number of primary sulfonamides is 1. The maximum atomic E-state index is 14.0. The second-order valence-electron chi connectivity index (χ2n) is 7.02. The Morgan fingerprint density at radius 1 is 1.06 bits per heavy atom. The predicted molar refractivity (Wildman–Crippen MR) is 115 cm³/mol. The molecule has 0 atom stereocenters. The zero-order valence-electron chi connectivity index (χ0n) is 16.5. The number of nitrogens with two attached hydrogens (primary N) is 1. The number of hydrogen-bond donors (Lipinski definition) is 1. The lowest BCUT2D eigenvalue weighted by Gasteiger charge is -2.34. The fraction of sp³-hybridized carbons (Fsp3) is 0.200. The van der Waals surface area contributed by atoms with Crippen molar-refractivity contribution < 1.29 is 26.4 Å². The number of carbonyl (C=O) groups is 1. The normalized spacial score (nSPS) is 14.8. The number of halogens is 3. The maximum Gasteiger partial charge on any atom is 0.330 e.